The van der Waals surface area contributed by atoms with Crippen molar-refractivity contribution in [2.24, 2.45) is 0 Å². The van der Waals surface area contributed by atoms with E-state index in [0.717, 1.165) is 39.8 Å². The minimum atomic E-state index is -4.38. The molecule has 2 N–H and O–H groups in total. The number of rotatable bonds is 9. The van der Waals surface area contributed by atoms with Crippen molar-refractivity contribution in [2.45, 2.75) is 51.9 Å². The predicted molar refractivity (Wildman–Crippen MR) is 121 cm³/mol. The van der Waals surface area contributed by atoms with Gasteiger partial charge in [0, 0.05) is 23.2 Å². The number of benzene rings is 2. The highest BCUT2D eigenvalue weighted by molar-refractivity contribution is 5.80. The Morgan fingerprint density at radius 3 is 2.38 bits per heavy atom. The summed E-state index contributed by atoms with van der Waals surface area (Å²) in [5.41, 5.74) is 5.14. The first-order valence-electron chi connectivity index (χ1n) is 11.1. The minimum Gasteiger partial charge on any atom is -0.390 e. The van der Waals surface area contributed by atoms with Gasteiger partial charge in [-0.05, 0) is 34.7 Å². The Morgan fingerprint density at radius 1 is 1.03 bits per heavy atom. The summed E-state index contributed by atoms with van der Waals surface area (Å²) in [5.74, 6) is 0.491. The van der Waals surface area contributed by atoms with Crippen molar-refractivity contribution >= 4 is 0 Å². The van der Waals surface area contributed by atoms with E-state index in [4.69, 9.17) is 0 Å². The second-order valence-electron chi connectivity index (χ2n) is 8.06. The van der Waals surface area contributed by atoms with Gasteiger partial charge in [0.05, 0.1) is 12.3 Å². The first-order valence-corrected chi connectivity index (χ1v) is 11.1. The number of tetrazole rings is 1. The Labute approximate surface area is 194 Å². The van der Waals surface area contributed by atoms with Crippen LogP contribution in [0.25, 0.3) is 22.5 Å². The minimum absolute atomic E-state index is 0.293. The van der Waals surface area contributed by atoms with Crippen molar-refractivity contribution in [1.82, 2.24) is 30.4 Å². The molecule has 0 saturated heterocycles. The van der Waals surface area contributed by atoms with Gasteiger partial charge in [-0.25, -0.2) is 0 Å². The Morgan fingerprint density at radius 2 is 1.76 bits per heavy atom. The highest BCUT2D eigenvalue weighted by atomic mass is 19.4. The zero-order valence-electron chi connectivity index (χ0n) is 18.7. The number of unbranched alkanes of at least 4 members (excludes halogenated alkanes) is 1. The number of H-pyrrole nitrogens is 1. The van der Waals surface area contributed by atoms with Crippen LogP contribution in [0.3, 0.4) is 0 Å². The molecule has 4 aromatic rings. The van der Waals surface area contributed by atoms with Gasteiger partial charge in [-0.15, -0.1) is 10.2 Å². The molecule has 0 fully saturated rings. The smallest absolute Gasteiger partial charge is 0.390 e. The third kappa shape index (κ3) is 5.33. The zero-order valence-corrected chi connectivity index (χ0v) is 18.7. The van der Waals surface area contributed by atoms with Crippen LogP contribution < -0.4 is 0 Å². The van der Waals surface area contributed by atoms with Gasteiger partial charge in [0.25, 0.3) is 0 Å². The van der Waals surface area contributed by atoms with E-state index in [1.165, 1.54) is 0 Å². The maximum absolute atomic E-state index is 13.1. The third-order valence-corrected chi connectivity index (χ3v) is 5.65. The number of hydrogen-bond donors (Lipinski definition) is 2. The normalized spacial score (nSPS) is 11.8. The molecule has 0 saturated carbocycles. The quantitative estimate of drug-likeness (QED) is 0.369. The molecular formula is C24H25F3N6O. The van der Waals surface area contributed by atoms with E-state index in [2.05, 4.69) is 25.7 Å². The molecule has 0 bridgehead atoms. The van der Waals surface area contributed by atoms with Crippen LogP contribution in [0, 0.1) is 0 Å². The average Bonchev–Trinajstić information content (AvgIpc) is 3.46. The molecule has 10 heteroatoms. The van der Waals surface area contributed by atoms with Crippen LogP contribution in [-0.4, -0.2) is 41.7 Å². The van der Waals surface area contributed by atoms with Gasteiger partial charge in [0.1, 0.15) is 6.54 Å². The molecule has 0 aliphatic carbocycles. The van der Waals surface area contributed by atoms with Crippen molar-refractivity contribution in [3.05, 3.63) is 71.0 Å². The summed E-state index contributed by atoms with van der Waals surface area (Å²) in [7, 11) is 0. The summed E-state index contributed by atoms with van der Waals surface area (Å²) in [6, 6.07) is 15.5. The van der Waals surface area contributed by atoms with Crippen molar-refractivity contribution in [3.63, 3.8) is 0 Å². The molecule has 0 spiro atoms. The number of aliphatic hydroxyl groups is 1. The van der Waals surface area contributed by atoms with Crippen LogP contribution in [0.1, 0.15) is 42.3 Å². The van der Waals surface area contributed by atoms with Gasteiger partial charge in [-0.2, -0.15) is 23.5 Å². The third-order valence-electron chi connectivity index (χ3n) is 5.65. The van der Waals surface area contributed by atoms with E-state index in [-0.39, 0.29) is 0 Å². The predicted octanol–water partition coefficient (Wildman–Crippen LogP) is 4.72. The summed E-state index contributed by atoms with van der Waals surface area (Å²) >= 11 is 0. The molecule has 4 rings (SSSR count). The summed E-state index contributed by atoms with van der Waals surface area (Å²) in [4.78, 5) is 0. The van der Waals surface area contributed by atoms with Crippen molar-refractivity contribution in [3.8, 4) is 22.5 Å². The fourth-order valence-corrected chi connectivity index (χ4v) is 4.06. The second kappa shape index (κ2) is 10.2. The van der Waals surface area contributed by atoms with Gasteiger partial charge in [-0.3, -0.25) is 4.68 Å². The number of nitrogens with one attached hydrogen (secondary N) is 1. The molecule has 7 nitrogen and oxygen atoms in total. The lowest BCUT2D eigenvalue weighted by atomic mass is 9.95. The van der Waals surface area contributed by atoms with E-state index in [0.29, 0.717) is 35.6 Å². The first-order chi connectivity index (χ1) is 16.4. The average molecular weight is 470 g/mol. The standard InChI is InChI=1S/C24H25F3N6O/c1-2-3-8-22-20(21(14-34)30-33(22)15-24(25,26)27)13-16-9-11-17(12-10-16)18-6-4-5-7-19(18)23-28-31-32-29-23/h4-7,9-12,34H,2-3,8,13-15H2,1H3,(H,28,29,31,32). The molecule has 0 unspecified atom stereocenters. The lowest BCUT2D eigenvalue weighted by Crippen LogP contribution is -2.20. The van der Waals surface area contributed by atoms with E-state index in [1.54, 1.807) is 0 Å². The molecule has 0 aliphatic rings. The second-order valence-corrected chi connectivity index (χ2v) is 8.06. The molecule has 2 aromatic carbocycles. The maximum Gasteiger partial charge on any atom is 0.408 e. The Balaban J connectivity index is 1.64. The highest BCUT2D eigenvalue weighted by Gasteiger charge is 2.31. The van der Waals surface area contributed by atoms with Crippen LogP contribution in [-0.2, 0) is 26.0 Å². The van der Waals surface area contributed by atoms with Gasteiger partial charge < -0.3 is 5.11 Å². The van der Waals surface area contributed by atoms with Crippen LogP contribution in [0.4, 0.5) is 13.2 Å². The Bertz CT molecular complexity index is 1220. The first kappa shape index (κ1) is 23.6. The number of hydrogen-bond acceptors (Lipinski definition) is 5. The number of halogens is 3. The molecule has 34 heavy (non-hydrogen) atoms. The van der Waals surface area contributed by atoms with Gasteiger partial charge >= 0.3 is 6.18 Å². The molecule has 0 amide bonds. The van der Waals surface area contributed by atoms with Crippen LogP contribution in [0.15, 0.2) is 48.5 Å². The van der Waals surface area contributed by atoms with Crippen LogP contribution >= 0.6 is 0 Å². The molecule has 0 radical (unpaired) electrons. The fourth-order valence-electron chi connectivity index (χ4n) is 4.06. The molecule has 178 valence electrons. The topological polar surface area (TPSA) is 92.5 Å². The molecule has 0 aliphatic heterocycles. The summed E-state index contributed by atoms with van der Waals surface area (Å²) in [6.07, 6.45) is -1.93. The van der Waals surface area contributed by atoms with Gasteiger partial charge in [-0.1, -0.05) is 61.9 Å². The molecule has 2 heterocycles. The summed E-state index contributed by atoms with van der Waals surface area (Å²) in [5, 5.41) is 28.1. The lowest BCUT2D eigenvalue weighted by molar-refractivity contribution is -0.143. The van der Waals surface area contributed by atoms with E-state index in [9.17, 15) is 18.3 Å². The number of nitrogens with zero attached hydrogens (tertiary/aromatic N) is 5. The van der Waals surface area contributed by atoms with Crippen molar-refractivity contribution in [2.75, 3.05) is 0 Å². The van der Waals surface area contributed by atoms with Crippen molar-refractivity contribution in [1.29, 1.82) is 0 Å². The van der Waals surface area contributed by atoms with Crippen LogP contribution in [0.5, 0.6) is 0 Å². The number of aromatic nitrogens is 6. The fraction of sp³-hybridized carbons (Fsp3) is 0.333. The largest absolute Gasteiger partial charge is 0.408 e. The lowest BCUT2D eigenvalue weighted by Gasteiger charge is -2.12. The van der Waals surface area contributed by atoms with Crippen LogP contribution in [0.2, 0.25) is 0 Å². The van der Waals surface area contributed by atoms with Gasteiger partial charge in [0.2, 0.25) is 5.82 Å². The SMILES string of the molecule is CCCCc1c(Cc2ccc(-c3ccccc3-c3nn[nH]n3)cc2)c(CO)nn1CC(F)(F)F. The molecule has 2 aromatic heterocycles. The zero-order chi connectivity index (χ0) is 24.1. The maximum atomic E-state index is 13.1. The highest BCUT2D eigenvalue weighted by Crippen LogP contribution is 2.31. The Kier molecular flexibility index (Phi) is 7.06. The van der Waals surface area contributed by atoms with Gasteiger partial charge in [0.15, 0.2) is 0 Å². The monoisotopic (exact) mass is 470 g/mol. The molecular weight excluding hydrogens is 445 g/mol. The summed E-state index contributed by atoms with van der Waals surface area (Å²) < 4.78 is 40.4. The summed E-state index contributed by atoms with van der Waals surface area (Å²) in [6.45, 7) is 0.419. The number of alkyl halides is 3. The molecule has 0 atom stereocenters. The van der Waals surface area contributed by atoms with E-state index < -0.39 is 19.3 Å². The number of aromatic amines is 1. The van der Waals surface area contributed by atoms with E-state index >= 15 is 0 Å². The van der Waals surface area contributed by atoms with E-state index in [1.807, 2.05) is 55.5 Å². The van der Waals surface area contributed by atoms with Crippen molar-refractivity contribution < 1.29 is 18.3 Å². The Hall–Kier alpha value is -3.53. The number of aliphatic hydroxyl groups excluding tert-OH is 1.